The lowest BCUT2D eigenvalue weighted by atomic mass is 10.0. The molecule has 0 fully saturated rings. The molecule has 2 aromatic rings. The maximum Gasteiger partial charge on any atom is 0.228 e. The highest BCUT2D eigenvalue weighted by Crippen LogP contribution is 2.24. The monoisotopic (exact) mass is 359 g/mol. The van der Waals surface area contributed by atoms with Crippen LogP contribution in [0, 0.1) is 5.92 Å². The molecule has 1 amide bonds. The summed E-state index contributed by atoms with van der Waals surface area (Å²) in [5.74, 6) is 0.526. The molecule has 0 spiro atoms. The van der Waals surface area contributed by atoms with Crippen molar-refractivity contribution in [3.63, 3.8) is 0 Å². The molecule has 2 N–H and O–H groups in total. The minimum absolute atomic E-state index is 0.0918. The average molecular weight is 360 g/mol. The molecule has 2 rings (SSSR count). The molecule has 0 saturated heterocycles. The average Bonchev–Trinajstić information content (AvgIpc) is 3.07. The van der Waals surface area contributed by atoms with Gasteiger partial charge in [-0.25, -0.2) is 4.98 Å². The summed E-state index contributed by atoms with van der Waals surface area (Å²) in [5, 5.41) is 2.95. The van der Waals surface area contributed by atoms with Gasteiger partial charge >= 0.3 is 0 Å². The maximum atomic E-state index is 12.4. The van der Waals surface area contributed by atoms with Crippen molar-refractivity contribution < 1.29 is 4.79 Å². The van der Waals surface area contributed by atoms with Crippen LogP contribution in [0.25, 0.3) is 10.6 Å². The lowest BCUT2D eigenvalue weighted by Crippen LogP contribution is -2.35. The third-order valence-corrected chi connectivity index (χ3v) is 5.51. The van der Waals surface area contributed by atoms with Crippen molar-refractivity contribution in [3.05, 3.63) is 40.9 Å². The molecule has 1 heterocycles. The van der Waals surface area contributed by atoms with Gasteiger partial charge in [0.25, 0.3) is 0 Å². The molecule has 0 aliphatic carbocycles. The van der Waals surface area contributed by atoms with Crippen molar-refractivity contribution in [3.8, 4) is 10.6 Å². The molecule has 1 aromatic carbocycles. The van der Waals surface area contributed by atoms with Crippen LogP contribution in [0.2, 0.25) is 0 Å². The van der Waals surface area contributed by atoms with E-state index in [2.05, 4.69) is 50.0 Å². The van der Waals surface area contributed by atoms with Gasteiger partial charge in [-0.05, 0) is 24.3 Å². The quantitative estimate of drug-likeness (QED) is 0.781. The lowest BCUT2D eigenvalue weighted by Gasteiger charge is -2.21. The van der Waals surface area contributed by atoms with Gasteiger partial charge in [0.15, 0.2) is 0 Å². The third kappa shape index (κ3) is 5.65. The van der Waals surface area contributed by atoms with Crippen LogP contribution in [-0.4, -0.2) is 35.4 Å². The molecule has 4 nitrogen and oxygen atoms in total. The van der Waals surface area contributed by atoms with Gasteiger partial charge in [0, 0.05) is 30.6 Å². The SMILES string of the molecule is CCc1ccc(-c2nc(CC(=O)N(C)CCC(N)C(C)C)cs2)cc1. The van der Waals surface area contributed by atoms with E-state index in [4.69, 9.17) is 5.73 Å². The van der Waals surface area contributed by atoms with Crippen LogP contribution >= 0.6 is 11.3 Å². The first-order valence-electron chi connectivity index (χ1n) is 8.94. The van der Waals surface area contributed by atoms with Crippen molar-refractivity contribution >= 4 is 17.2 Å². The van der Waals surface area contributed by atoms with Gasteiger partial charge in [-0.3, -0.25) is 4.79 Å². The minimum atomic E-state index is 0.0918. The topological polar surface area (TPSA) is 59.2 Å². The highest BCUT2D eigenvalue weighted by molar-refractivity contribution is 7.13. The van der Waals surface area contributed by atoms with Crippen molar-refractivity contribution in [2.45, 2.75) is 46.1 Å². The second-order valence-electron chi connectivity index (χ2n) is 6.88. The predicted molar refractivity (Wildman–Crippen MR) is 106 cm³/mol. The summed E-state index contributed by atoms with van der Waals surface area (Å²) in [4.78, 5) is 18.8. The first-order chi connectivity index (χ1) is 11.9. The van der Waals surface area contributed by atoms with Crippen LogP contribution in [0.1, 0.15) is 38.4 Å². The molecule has 0 bridgehead atoms. The number of aryl methyl sites for hydroxylation is 1. The lowest BCUT2D eigenvalue weighted by molar-refractivity contribution is -0.129. The first-order valence-corrected chi connectivity index (χ1v) is 9.82. The maximum absolute atomic E-state index is 12.4. The zero-order valence-electron chi connectivity index (χ0n) is 15.7. The fraction of sp³-hybridized carbons (Fsp3) is 0.500. The van der Waals surface area contributed by atoms with Crippen LogP contribution in [-0.2, 0) is 17.6 Å². The Balaban J connectivity index is 1.92. The zero-order chi connectivity index (χ0) is 18.4. The van der Waals surface area contributed by atoms with Gasteiger partial charge in [0.05, 0.1) is 12.1 Å². The van der Waals surface area contributed by atoms with E-state index in [-0.39, 0.29) is 11.9 Å². The second kappa shape index (κ2) is 9.11. The normalized spacial score (nSPS) is 12.4. The number of amides is 1. The summed E-state index contributed by atoms with van der Waals surface area (Å²) in [5.41, 5.74) is 9.32. The fourth-order valence-corrected chi connectivity index (χ4v) is 3.32. The minimum Gasteiger partial charge on any atom is -0.345 e. The summed E-state index contributed by atoms with van der Waals surface area (Å²) in [7, 11) is 1.84. The van der Waals surface area contributed by atoms with Gasteiger partial charge in [-0.2, -0.15) is 0 Å². The number of nitrogens with zero attached hydrogens (tertiary/aromatic N) is 2. The zero-order valence-corrected chi connectivity index (χ0v) is 16.5. The molecule has 1 atom stereocenters. The molecule has 0 aliphatic rings. The van der Waals surface area contributed by atoms with E-state index in [1.165, 1.54) is 5.56 Å². The van der Waals surface area contributed by atoms with Crippen LogP contribution in [0.15, 0.2) is 29.6 Å². The van der Waals surface area contributed by atoms with Crippen molar-refractivity contribution in [2.75, 3.05) is 13.6 Å². The van der Waals surface area contributed by atoms with E-state index in [0.29, 0.717) is 18.9 Å². The number of carbonyl (C=O) groups is 1. The molecular weight excluding hydrogens is 330 g/mol. The highest BCUT2D eigenvalue weighted by atomic mass is 32.1. The molecule has 1 unspecified atom stereocenters. The number of aromatic nitrogens is 1. The number of hydrogen-bond acceptors (Lipinski definition) is 4. The second-order valence-corrected chi connectivity index (χ2v) is 7.74. The van der Waals surface area contributed by atoms with Crippen molar-refractivity contribution in [2.24, 2.45) is 11.7 Å². The van der Waals surface area contributed by atoms with E-state index in [0.717, 1.165) is 29.1 Å². The Kier molecular flexibility index (Phi) is 7.14. The Bertz CT molecular complexity index is 679. The van der Waals surface area contributed by atoms with E-state index in [1.807, 2.05) is 12.4 Å². The number of likely N-dealkylation sites (N-methyl/N-ethyl adjacent to an activating group) is 1. The predicted octanol–water partition coefficient (Wildman–Crippen LogP) is 3.75. The Labute approximate surface area is 155 Å². The van der Waals surface area contributed by atoms with Gasteiger partial charge in [0.2, 0.25) is 5.91 Å². The number of rotatable bonds is 8. The van der Waals surface area contributed by atoms with E-state index in [9.17, 15) is 4.79 Å². The highest BCUT2D eigenvalue weighted by Gasteiger charge is 2.15. The van der Waals surface area contributed by atoms with Gasteiger partial charge in [0.1, 0.15) is 5.01 Å². The fourth-order valence-electron chi connectivity index (χ4n) is 2.49. The Morgan fingerprint density at radius 3 is 2.56 bits per heavy atom. The largest absolute Gasteiger partial charge is 0.345 e. The molecule has 0 aliphatic heterocycles. The summed E-state index contributed by atoms with van der Waals surface area (Å²) < 4.78 is 0. The van der Waals surface area contributed by atoms with Crippen LogP contribution in [0.3, 0.4) is 0 Å². The van der Waals surface area contributed by atoms with Crippen LogP contribution in [0.4, 0.5) is 0 Å². The van der Waals surface area contributed by atoms with Gasteiger partial charge < -0.3 is 10.6 Å². The molecule has 5 heteroatoms. The standard InChI is InChI=1S/C20H29N3OS/c1-5-15-6-8-16(9-7-15)20-22-17(13-25-20)12-19(24)23(4)11-10-18(21)14(2)3/h6-9,13-14,18H,5,10-12,21H2,1-4H3. The van der Waals surface area contributed by atoms with E-state index in [1.54, 1.807) is 16.2 Å². The molecule has 0 radical (unpaired) electrons. The number of carbonyl (C=O) groups excluding carboxylic acids is 1. The summed E-state index contributed by atoms with van der Waals surface area (Å²) in [6.45, 7) is 7.05. The smallest absolute Gasteiger partial charge is 0.228 e. The molecular formula is C20H29N3OS. The molecule has 0 saturated carbocycles. The van der Waals surface area contributed by atoms with Crippen LogP contribution < -0.4 is 5.73 Å². The third-order valence-electron chi connectivity index (χ3n) is 4.57. The van der Waals surface area contributed by atoms with Crippen molar-refractivity contribution in [1.82, 2.24) is 9.88 Å². The van der Waals surface area contributed by atoms with Gasteiger partial charge in [-0.15, -0.1) is 11.3 Å². The molecule has 136 valence electrons. The van der Waals surface area contributed by atoms with Gasteiger partial charge in [-0.1, -0.05) is 45.0 Å². The van der Waals surface area contributed by atoms with E-state index >= 15 is 0 Å². The Morgan fingerprint density at radius 1 is 1.28 bits per heavy atom. The molecule has 25 heavy (non-hydrogen) atoms. The van der Waals surface area contributed by atoms with Crippen LogP contribution in [0.5, 0.6) is 0 Å². The van der Waals surface area contributed by atoms with E-state index < -0.39 is 0 Å². The summed E-state index contributed by atoms with van der Waals surface area (Å²) in [6.07, 6.45) is 2.20. The number of hydrogen-bond donors (Lipinski definition) is 1. The first kappa shape index (κ1) is 19.6. The summed E-state index contributed by atoms with van der Waals surface area (Å²) in [6, 6.07) is 8.60. The van der Waals surface area contributed by atoms with Crippen molar-refractivity contribution in [1.29, 1.82) is 0 Å². The number of thiazole rings is 1. The Morgan fingerprint density at radius 2 is 1.96 bits per heavy atom. The molecule has 1 aromatic heterocycles. The number of nitrogens with two attached hydrogens (primary N) is 1. The summed E-state index contributed by atoms with van der Waals surface area (Å²) >= 11 is 1.59. The Hall–Kier alpha value is -1.72. The number of benzene rings is 1.